The van der Waals surface area contributed by atoms with Crippen LogP contribution < -0.4 is 5.32 Å². The molecule has 2 saturated heterocycles. The van der Waals surface area contributed by atoms with Gasteiger partial charge in [-0.25, -0.2) is 0 Å². The van der Waals surface area contributed by atoms with Crippen LogP contribution in [0.2, 0.25) is 0 Å². The zero-order chi connectivity index (χ0) is 11.6. The van der Waals surface area contributed by atoms with Crippen molar-refractivity contribution in [2.24, 2.45) is 5.41 Å². The van der Waals surface area contributed by atoms with Crippen LogP contribution in [0.15, 0.2) is 0 Å². The summed E-state index contributed by atoms with van der Waals surface area (Å²) >= 11 is 0. The third kappa shape index (κ3) is 2.78. The van der Waals surface area contributed by atoms with Gasteiger partial charge in [-0.3, -0.25) is 0 Å². The van der Waals surface area contributed by atoms with E-state index in [2.05, 4.69) is 31.0 Å². The fraction of sp³-hybridized carbons (Fsp3) is 1.00. The van der Waals surface area contributed by atoms with Crippen molar-refractivity contribution in [2.45, 2.75) is 58.4 Å². The molecule has 16 heavy (non-hydrogen) atoms. The molecule has 0 aliphatic carbocycles. The first-order valence-electron chi connectivity index (χ1n) is 7.03. The second kappa shape index (κ2) is 4.66. The van der Waals surface area contributed by atoms with Crippen molar-refractivity contribution < 1.29 is 0 Å². The van der Waals surface area contributed by atoms with Gasteiger partial charge in [-0.05, 0) is 50.6 Å². The summed E-state index contributed by atoms with van der Waals surface area (Å²) in [4.78, 5) is 2.70. The molecule has 2 nitrogen and oxygen atoms in total. The third-order valence-electron chi connectivity index (χ3n) is 4.51. The summed E-state index contributed by atoms with van der Waals surface area (Å²) in [5, 5.41) is 3.75. The van der Waals surface area contributed by atoms with E-state index in [9.17, 15) is 0 Å². The highest BCUT2D eigenvalue weighted by Crippen LogP contribution is 2.31. The number of hydrogen-bond donors (Lipinski definition) is 1. The molecular formula is C14H28N2. The van der Waals surface area contributed by atoms with Gasteiger partial charge < -0.3 is 10.2 Å². The van der Waals surface area contributed by atoms with E-state index in [1.54, 1.807) is 0 Å². The van der Waals surface area contributed by atoms with Crippen molar-refractivity contribution in [3.8, 4) is 0 Å². The molecule has 2 heteroatoms. The molecule has 0 aromatic rings. The molecule has 0 aromatic carbocycles. The predicted molar refractivity (Wildman–Crippen MR) is 69.7 cm³/mol. The number of likely N-dealkylation sites (tertiary alicyclic amines) is 1. The molecule has 0 radical (unpaired) electrons. The van der Waals surface area contributed by atoms with Crippen molar-refractivity contribution in [3.05, 3.63) is 0 Å². The first kappa shape index (κ1) is 12.4. The summed E-state index contributed by atoms with van der Waals surface area (Å²) in [6.45, 7) is 12.3. The van der Waals surface area contributed by atoms with Crippen LogP contribution in [0.1, 0.15) is 52.9 Å². The van der Waals surface area contributed by atoms with E-state index in [1.165, 1.54) is 58.3 Å². The van der Waals surface area contributed by atoms with Gasteiger partial charge in [0.1, 0.15) is 0 Å². The zero-order valence-electron chi connectivity index (χ0n) is 11.3. The van der Waals surface area contributed by atoms with Crippen molar-refractivity contribution in [1.29, 1.82) is 0 Å². The van der Waals surface area contributed by atoms with Crippen LogP contribution in [0.3, 0.4) is 0 Å². The summed E-state index contributed by atoms with van der Waals surface area (Å²) in [7, 11) is 0. The summed E-state index contributed by atoms with van der Waals surface area (Å²) in [6.07, 6.45) is 6.80. The Labute approximate surface area is 101 Å². The lowest BCUT2D eigenvalue weighted by Crippen LogP contribution is -2.52. The molecule has 2 rings (SSSR count). The Morgan fingerprint density at radius 1 is 1.19 bits per heavy atom. The Morgan fingerprint density at radius 3 is 2.56 bits per heavy atom. The smallest absolute Gasteiger partial charge is 0.0306 e. The molecule has 2 heterocycles. The first-order chi connectivity index (χ1) is 7.55. The van der Waals surface area contributed by atoms with E-state index in [4.69, 9.17) is 0 Å². The van der Waals surface area contributed by atoms with Gasteiger partial charge in [0.25, 0.3) is 0 Å². The first-order valence-corrected chi connectivity index (χ1v) is 7.03. The molecule has 0 amide bonds. The maximum Gasteiger partial charge on any atom is 0.0306 e. The van der Waals surface area contributed by atoms with Gasteiger partial charge in [0, 0.05) is 18.6 Å². The fourth-order valence-corrected chi connectivity index (χ4v) is 3.52. The van der Waals surface area contributed by atoms with Gasteiger partial charge in [-0.15, -0.1) is 0 Å². The normalized spacial score (nSPS) is 35.4. The van der Waals surface area contributed by atoms with Gasteiger partial charge in [0.05, 0.1) is 0 Å². The maximum atomic E-state index is 3.75. The summed E-state index contributed by atoms with van der Waals surface area (Å²) in [5.74, 6) is 0. The molecule has 0 aromatic heterocycles. The lowest BCUT2D eigenvalue weighted by molar-refractivity contribution is 0.0876. The molecule has 0 bridgehead atoms. The molecule has 1 unspecified atom stereocenters. The Kier molecular flexibility index (Phi) is 3.60. The fourth-order valence-electron chi connectivity index (χ4n) is 3.52. The van der Waals surface area contributed by atoms with Crippen LogP contribution in [0.25, 0.3) is 0 Å². The molecule has 1 N–H and O–H groups in total. The summed E-state index contributed by atoms with van der Waals surface area (Å²) in [5.41, 5.74) is 0.971. The van der Waals surface area contributed by atoms with Gasteiger partial charge in [0.15, 0.2) is 0 Å². The Morgan fingerprint density at radius 2 is 2.00 bits per heavy atom. The van der Waals surface area contributed by atoms with Crippen molar-refractivity contribution in [2.75, 3.05) is 26.2 Å². The highest BCUT2D eigenvalue weighted by atomic mass is 15.2. The number of hydrogen-bond acceptors (Lipinski definition) is 2. The van der Waals surface area contributed by atoms with Gasteiger partial charge in [-0.2, -0.15) is 0 Å². The Balaban J connectivity index is 1.93. The third-order valence-corrected chi connectivity index (χ3v) is 4.51. The van der Waals surface area contributed by atoms with E-state index >= 15 is 0 Å². The average Bonchev–Trinajstić information content (AvgIpc) is 2.65. The zero-order valence-corrected chi connectivity index (χ0v) is 11.3. The van der Waals surface area contributed by atoms with E-state index in [0.717, 1.165) is 0 Å². The van der Waals surface area contributed by atoms with Gasteiger partial charge in [0.2, 0.25) is 0 Å². The van der Waals surface area contributed by atoms with Crippen LogP contribution in [0.4, 0.5) is 0 Å². The monoisotopic (exact) mass is 224 g/mol. The van der Waals surface area contributed by atoms with Gasteiger partial charge in [-0.1, -0.05) is 20.8 Å². The summed E-state index contributed by atoms with van der Waals surface area (Å²) in [6, 6.07) is 0. The minimum Gasteiger partial charge on any atom is -0.310 e. The van der Waals surface area contributed by atoms with Crippen molar-refractivity contribution in [3.63, 3.8) is 0 Å². The Bertz CT molecular complexity index is 229. The van der Waals surface area contributed by atoms with Crippen molar-refractivity contribution >= 4 is 0 Å². The van der Waals surface area contributed by atoms with Gasteiger partial charge >= 0.3 is 0 Å². The molecule has 2 aliphatic rings. The number of rotatable bonds is 3. The minimum absolute atomic E-state index is 0.438. The molecule has 1 atom stereocenters. The second-order valence-corrected chi connectivity index (χ2v) is 6.64. The van der Waals surface area contributed by atoms with Crippen LogP contribution in [0.5, 0.6) is 0 Å². The average molecular weight is 224 g/mol. The second-order valence-electron chi connectivity index (χ2n) is 6.64. The molecule has 0 saturated carbocycles. The number of piperidine rings is 1. The molecule has 2 aliphatic heterocycles. The lowest BCUT2D eigenvalue weighted by atomic mass is 9.83. The molecular weight excluding hydrogens is 196 g/mol. The number of nitrogens with one attached hydrogen (secondary N) is 1. The largest absolute Gasteiger partial charge is 0.310 e. The van der Waals surface area contributed by atoms with Crippen LogP contribution in [-0.2, 0) is 0 Å². The molecule has 0 spiro atoms. The Hall–Kier alpha value is -0.0800. The molecule has 94 valence electrons. The van der Waals surface area contributed by atoms with E-state index in [0.29, 0.717) is 11.0 Å². The highest BCUT2D eigenvalue weighted by molar-refractivity contribution is 4.96. The minimum atomic E-state index is 0.438. The maximum absolute atomic E-state index is 3.75. The number of nitrogens with zero attached hydrogens (tertiary/aromatic N) is 1. The van der Waals surface area contributed by atoms with E-state index < -0.39 is 0 Å². The molecule has 2 fully saturated rings. The van der Waals surface area contributed by atoms with Crippen LogP contribution in [0, 0.1) is 5.41 Å². The highest BCUT2D eigenvalue weighted by Gasteiger charge is 2.36. The topological polar surface area (TPSA) is 15.3 Å². The predicted octanol–water partition coefficient (Wildman–Crippen LogP) is 2.64. The van der Waals surface area contributed by atoms with Crippen LogP contribution >= 0.6 is 0 Å². The SMILES string of the molecule is CCC1(CN2CCCC(C)(C)C2)CCCN1. The van der Waals surface area contributed by atoms with E-state index in [-0.39, 0.29) is 0 Å². The summed E-state index contributed by atoms with van der Waals surface area (Å²) < 4.78 is 0. The lowest BCUT2D eigenvalue weighted by Gasteiger charge is -2.42. The van der Waals surface area contributed by atoms with E-state index in [1.807, 2.05) is 0 Å². The standard InChI is InChI=1S/C14H28N2/c1-4-14(8-5-9-15-14)12-16-10-6-7-13(2,3)11-16/h15H,4-12H2,1-3H3. The van der Waals surface area contributed by atoms with Crippen LogP contribution in [-0.4, -0.2) is 36.6 Å². The quantitative estimate of drug-likeness (QED) is 0.793. The van der Waals surface area contributed by atoms with Crippen molar-refractivity contribution in [1.82, 2.24) is 10.2 Å².